The molecule has 0 spiro atoms. The van der Waals surface area contributed by atoms with Gasteiger partial charge in [0, 0.05) is 24.7 Å². The van der Waals surface area contributed by atoms with Crippen molar-refractivity contribution in [1.29, 1.82) is 0 Å². The van der Waals surface area contributed by atoms with Crippen molar-refractivity contribution < 1.29 is 32.2 Å². The molecule has 1 rings (SSSR count). The third-order valence-electron chi connectivity index (χ3n) is 2.87. The Hall–Kier alpha value is -2.10. The second-order valence-electron chi connectivity index (χ2n) is 4.74. The van der Waals surface area contributed by atoms with E-state index in [2.05, 4.69) is 9.98 Å². The van der Waals surface area contributed by atoms with E-state index in [1.165, 1.54) is 12.3 Å². The number of nitrogens with zero attached hydrogens (tertiary/aromatic N) is 2. The van der Waals surface area contributed by atoms with Crippen molar-refractivity contribution in [2.45, 2.75) is 25.0 Å². The second kappa shape index (κ2) is 10.8. The van der Waals surface area contributed by atoms with Crippen LogP contribution in [0.5, 0.6) is 0 Å². The van der Waals surface area contributed by atoms with Gasteiger partial charge < -0.3 is 9.47 Å². The molecule has 6 nitrogen and oxygen atoms in total. The van der Waals surface area contributed by atoms with Gasteiger partial charge in [0.1, 0.15) is 5.03 Å². The molecule has 0 aliphatic rings. The summed E-state index contributed by atoms with van der Waals surface area (Å²) in [5.41, 5.74) is -0.815. The molecule has 0 atom stereocenters. The third kappa shape index (κ3) is 7.03. The first-order valence-electron chi connectivity index (χ1n) is 7.79. The summed E-state index contributed by atoms with van der Waals surface area (Å²) in [5.74, 6) is -2.67. The normalized spacial score (nSPS) is 11.8. The molecule has 0 aliphatic heterocycles. The number of carbonyl (C=O) groups is 2. The fourth-order valence-corrected chi connectivity index (χ4v) is 2.64. The van der Waals surface area contributed by atoms with E-state index in [-0.39, 0.29) is 30.5 Å². The molecule has 0 saturated carbocycles. The zero-order valence-electron chi connectivity index (χ0n) is 14.3. The molecule has 144 valence electrons. The molecule has 0 aliphatic carbocycles. The van der Waals surface area contributed by atoms with Gasteiger partial charge in [-0.1, -0.05) is 0 Å². The van der Waals surface area contributed by atoms with Crippen LogP contribution in [0.25, 0.3) is 0 Å². The van der Waals surface area contributed by atoms with Crippen LogP contribution in [0.2, 0.25) is 0 Å². The highest BCUT2D eigenvalue weighted by Gasteiger charge is 2.34. The zero-order chi connectivity index (χ0) is 19.6. The predicted octanol–water partition coefficient (Wildman–Crippen LogP) is 3.01. The van der Waals surface area contributed by atoms with Gasteiger partial charge in [-0.3, -0.25) is 14.6 Å². The lowest BCUT2D eigenvalue weighted by Gasteiger charge is -2.11. The molecular formula is C16H19F3N2O4S. The molecule has 1 aromatic rings. The standard InChI is InChI=1S/C16H19F3N2O4S/c1-3-24-14(22)11(15(23)25-4-2)10-20-8-9-26-13-12(16(17,18)19)6-5-7-21-13/h5-7,10-11H,3-4,8-9H2,1-2H3. The Morgan fingerprint density at radius 3 is 2.42 bits per heavy atom. The number of halogens is 3. The summed E-state index contributed by atoms with van der Waals surface area (Å²) in [6, 6.07) is 2.17. The number of rotatable bonds is 9. The van der Waals surface area contributed by atoms with E-state index in [1.54, 1.807) is 13.8 Å². The summed E-state index contributed by atoms with van der Waals surface area (Å²) >= 11 is 0.886. The summed E-state index contributed by atoms with van der Waals surface area (Å²) < 4.78 is 48.2. The number of aliphatic imine (C=N–C) groups is 1. The van der Waals surface area contributed by atoms with Crippen LogP contribution in [-0.4, -0.2) is 48.6 Å². The highest BCUT2D eigenvalue weighted by molar-refractivity contribution is 7.99. The summed E-state index contributed by atoms with van der Waals surface area (Å²) in [7, 11) is 0. The number of alkyl halides is 3. The molecule has 1 heterocycles. The SMILES string of the molecule is CCOC(=O)C(C=NCCSc1ncccc1C(F)(F)F)C(=O)OCC. The van der Waals surface area contributed by atoms with Crippen LogP contribution in [0, 0.1) is 5.92 Å². The van der Waals surface area contributed by atoms with Gasteiger partial charge in [-0.25, -0.2) is 4.98 Å². The van der Waals surface area contributed by atoms with Gasteiger partial charge in [-0.05, 0) is 26.0 Å². The number of pyridine rings is 1. The van der Waals surface area contributed by atoms with Crippen molar-refractivity contribution in [1.82, 2.24) is 4.98 Å². The average molecular weight is 392 g/mol. The molecular weight excluding hydrogens is 373 g/mol. The van der Waals surface area contributed by atoms with Gasteiger partial charge >= 0.3 is 18.1 Å². The van der Waals surface area contributed by atoms with Crippen LogP contribution in [0.4, 0.5) is 13.2 Å². The number of esters is 2. The molecule has 0 bridgehead atoms. The number of thioether (sulfide) groups is 1. The maximum Gasteiger partial charge on any atom is 0.419 e. The Morgan fingerprint density at radius 1 is 1.27 bits per heavy atom. The maximum absolute atomic E-state index is 12.9. The first-order chi connectivity index (χ1) is 12.3. The first-order valence-corrected chi connectivity index (χ1v) is 8.78. The van der Waals surface area contributed by atoms with E-state index in [9.17, 15) is 22.8 Å². The fourth-order valence-electron chi connectivity index (χ4n) is 1.78. The molecule has 0 fully saturated rings. The van der Waals surface area contributed by atoms with Crippen LogP contribution in [0.15, 0.2) is 28.3 Å². The van der Waals surface area contributed by atoms with Gasteiger partial charge in [-0.15, -0.1) is 11.8 Å². The molecule has 10 heteroatoms. The Morgan fingerprint density at radius 2 is 1.88 bits per heavy atom. The topological polar surface area (TPSA) is 77.9 Å². The largest absolute Gasteiger partial charge is 0.465 e. The van der Waals surface area contributed by atoms with Crippen molar-refractivity contribution in [2.24, 2.45) is 10.9 Å². The van der Waals surface area contributed by atoms with E-state index in [0.717, 1.165) is 24.0 Å². The van der Waals surface area contributed by atoms with Crippen molar-refractivity contribution in [3.8, 4) is 0 Å². The molecule has 0 amide bonds. The molecule has 0 unspecified atom stereocenters. The molecule has 0 N–H and O–H groups in total. The number of ether oxygens (including phenoxy) is 2. The molecule has 26 heavy (non-hydrogen) atoms. The monoisotopic (exact) mass is 392 g/mol. The smallest absolute Gasteiger partial charge is 0.419 e. The van der Waals surface area contributed by atoms with Crippen molar-refractivity contribution >= 4 is 29.9 Å². The van der Waals surface area contributed by atoms with Gasteiger partial charge in [-0.2, -0.15) is 13.2 Å². The average Bonchev–Trinajstić information content (AvgIpc) is 2.57. The quantitative estimate of drug-likeness (QED) is 0.211. The van der Waals surface area contributed by atoms with Crippen molar-refractivity contribution in [2.75, 3.05) is 25.5 Å². The van der Waals surface area contributed by atoms with Crippen molar-refractivity contribution in [3.63, 3.8) is 0 Å². The summed E-state index contributed by atoms with van der Waals surface area (Å²) in [5, 5.41) is -0.150. The number of aromatic nitrogens is 1. The highest BCUT2D eigenvalue weighted by Crippen LogP contribution is 2.35. The lowest BCUT2D eigenvalue weighted by molar-refractivity contribution is -0.157. The van der Waals surface area contributed by atoms with Crippen LogP contribution in [0.3, 0.4) is 0 Å². The lowest BCUT2D eigenvalue weighted by atomic mass is 10.2. The van der Waals surface area contributed by atoms with E-state index in [1.807, 2.05) is 0 Å². The Bertz CT molecular complexity index is 620. The molecule has 0 radical (unpaired) electrons. The van der Waals surface area contributed by atoms with Gasteiger partial charge in [0.05, 0.1) is 18.8 Å². The predicted molar refractivity (Wildman–Crippen MR) is 90.1 cm³/mol. The van der Waals surface area contributed by atoms with Gasteiger partial charge in [0.2, 0.25) is 0 Å². The summed E-state index contributed by atoms with van der Waals surface area (Å²) in [6.07, 6.45) is -2.11. The number of carbonyl (C=O) groups excluding carboxylic acids is 2. The van der Waals surface area contributed by atoms with Crippen molar-refractivity contribution in [3.05, 3.63) is 23.9 Å². The highest BCUT2D eigenvalue weighted by atomic mass is 32.2. The first kappa shape index (κ1) is 21.9. The summed E-state index contributed by atoms with van der Waals surface area (Å²) in [6.45, 7) is 3.47. The van der Waals surface area contributed by atoms with Gasteiger partial charge in [0.15, 0.2) is 5.92 Å². The minimum Gasteiger partial charge on any atom is -0.465 e. The van der Waals surface area contributed by atoms with E-state index >= 15 is 0 Å². The minimum absolute atomic E-state index is 0.0911. The molecule has 1 aromatic heterocycles. The van der Waals surface area contributed by atoms with Gasteiger partial charge in [0.25, 0.3) is 0 Å². The van der Waals surface area contributed by atoms with Crippen LogP contribution < -0.4 is 0 Å². The molecule has 0 aromatic carbocycles. The Balaban J connectivity index is 2.65. The number of hydrogen-bond acceptors (Lipinski definition) is 7. The Kier molecular flexibility index (Phi) is 9.11. The Labute approximate surface area is 153 Å². The third-order valence-corrected chi connectivity index (χ3v) is 3.86. The molecule has 0 saturated heterocycles. The zero-order valence-corrected chi connectivity index (χ0v) is 15.1. The van der Waals surface area contributed by atoms with Crippen LogP contribution in [0.1, 0.15) is 19.4 Å². The van der Waals surface area contributed by atoms with E-state index < -0.39 is 29.6 Å². The van der Waals surface area contributed by atoms with E-state index in [4.69, 9.17) is 9.47 Å². The lowest BCUT2D eigenvalue weighted by Crippen LogP contribution is -2.29. The minimum atomic E-state index is -4.49. The van der Waals surface area contributed by atoms with E-state index in [0.29, 0.717) is 0 Å². The number of hydrogen-bond donors (Lipinski definition) is 0. The second-order valence-corrected chi connectivity index (χ2v) is 5.82. The fraction of sp³-hybridized carbons (Fsp3) is 0.500. The van der Waals surface area contributed by atoms with Crippen LogP contribution >= 0.6 is 11.8 Å². The maximum atomic E-state index is 12.9. The van der Waals surface area contributed by atoms with Crippen LogP contribution in [-0.2, 0) is 25.2 Å². The summed E-state index contributed by atoms with van der Waals surface area (Å²) in [4.78, 5) is 31.1.